The van der Waals surface area contributed by atoms with Gasteiger partial charge in [0.2, 0.25) is 0 Å². The number of aryl methyl sites for hydroxylation is 1. The van der Waals surface area contributed by atoms with Crippen LogP contribution in [0.25, 0.3) is 0 Å². The first-order chi connectivity index (χ1) is 8.02. The third-order valence-corrected chi connectivity index (χ3v) is 3.27. The Morgan fingerprint density at radius 2 is 2.24 bits per heavy atom. The Morgan fingerprint density at radius 1 is 1.47 bits per heavy atom. The average molecular weight is 236 g/mol. The molecule has 0 radical (unpaired) electrons. The fraction of sp³-hybridized carbons (Fsp3) is 0.462. The van der Waals surface area contributed by atoms with Gasteiger partial charge in [0.25, 0.3) is 0 Å². The fourth-order valence-electron chi connectivity index (χ4n) is 2.38. The monoisotopic (exact) mass is 236 g/mol. The second kappa shape index (κ2) is 4.37. The highest BCUT2D eigenvalue weighted by atomic mass is 16.5. The molecule has 4 heteroatoms. The van der Waals surface area contributed by atoms with E-state index in [-0.39, 0.29) is 6.42 Å². The van der Waals surface area contributed by atoms with E-state index in [4.69, 9.17) is 9.84 Å². The van der Waals surface area contributed by atoms with Gasteiger partial charge in [-0.2, -0.15) is 0 Å². The van der Waals surface area contributed by atoms with E-state index in [2.05, 4.69) is 0 Å². The minimum atomic E-state index is -1.12. The van der Waals surface area contributed by atoms with Crippen LogP contribution < -0.4 is 4.74 Å². The minimum Gasteiger partial charge on any atom is -0.497 e. The Morgan fingerprint density at radius 3 is 2.88 bits per heavy atom. The van der Waals surface area contributed by atoms with Gasteiger partial charge in [-0.25, -0.2) is 0 Å². The summed E-state index contributed by atoms with van der Waals surface area (Å²) in [6, 6.07) is 5.75. The van der Waals surface area contributed by atoms with Crippen molar-refractivity contribution < 1.29 is 19.7 Å². The summed E-state index contributed by atoms with van der Waals surface area (Å²) in [5, 5.41) is 19.0. The number of rotatable bonds is 3. The van der Waals surface area contributed by atoms with Crippen LogP contribution in [0.15, 0.2) is 18.2 Å². The first-order valence-electron chi connectivity index (χ1n) is 5.62. The summed E-state index contributed by atoms with van der Waals surface area (Å²) in [6.45, 7) is 0. The molecule has 0 fully saturated rings. The van der Waals surface area contributed by atoms with E-state index in [0.717, 1.165) is 11.3 Å². The molecule has 4 nitrogen and oxygen atoms in total. The van der Waals surface area contributed by atoms with Crippen molar-refractivity contribution in [2.24, 2.45) is 0 Å². The van der Waals surface area contributed by atoms with Crippen LogP contribution in [-0.4, -0.2) is 28.9 Å². The van der Waals surface area contributed by atoms with Gasteiger partial charge in [-0.05, 0) is 36.1 Å². The van der Waals surface area contributed by atoms with E-state index in [1.54, 1.807) is 7.11 Å². The van der Waals surface area contributed by atoms with E-state index < -0.39 is 11.6 Å². The molecule has 0 heterocycles. The number of carboxylic acid groups (broad SMARTS) is 1. The number of benzene rings is 1. The maximum Gasteiger partial charge on any atom is 0.306 e. The Hall–Kier alpha value is -1.55. The fourth-order valence-corrected chi connectivity index (χ4v) is 2.38. The molecule has 0 amide bonds. The Bertz CT molecular complexity index is 441. The number of carboxylic acids is 1. The number of fused-ring (bicyclic) bond motifs is 1. The first kappa shape index (κ1) is 11.9. The topological polar surface area (TPSA) is 66.8 Å². The molecule has 2 N–H and O–H groups in total. The molecule has 1 aromatic carbocycles. The van der Waals surface area contributed by atoms with Crippen LogP contribution in [0.5, 0.6) is 5.75 Å². The van der Waals surface area contributed by atoms with Crippen LogP contribution >= 0.6 is 0 Å². The summed E-state index contributed by atoms with van der Waals surface area (Å²) >= 11 is 0. The van der Waals surface area contributed by atoms with E-state index in [1.807, 2.05) is 18.2 Å². The van der Waals surface area contributed by atoms with Crippen LogP contribution in [0.2, 0.25) is 0 Å². The standard InChI is InChI=1S/C13H16O4/c1-17-11-3-2-9-4-5-13(16,8-12(14)15)7-10(9)6-11/h2-3,6,16H,4-5,7-8H2,1H3,(H,14,15). The second-order valence-corrected chi connectivity index (χ2v) is 4.61. The highest BCUT2D eigenvalue weighted by molar-refractivity contribution is 5.68. The van der Waals surface area contributed by atoms with E-state index in [0.29, 0.717) is 19.3 Å². The minimum absolute atomic E-state index is 0.205. The molecule has 0 saturated heterocycles. The number of aliphatic carboxylic acids is 1. The molecule has 1 unspecified atom stereocenters. The Kier molecular flexibility index (Phi) is 3.07. The predicted molar refractivity (Wildman–Crippen MR) is 62.2 cm³/mol. The zero-order chi connectivity index (χ0) is 12.5. The second-order valence-electron chi connectivity index (χ2n) is 4.61. The molecule has 17 heavy (non-hydrogen) atoms. The van der Waals surface area contributed by atoms with Crippen molar-refractivity contribution in [1.29, 1.82) is 0 Å². The molecule has 0 spiro atoms. The van der Waals surface area contributed by atoms with Crippen LogP contribution in [0.3, 0.4) is 0 Å². The first-order valence-corrected chi connectivity index (χ1v) is 5.62. The van der Waals surface area contributed by atoms with Crippen molar-refractivity contribution in [3.05, 3.63) is 29.3 Å². The Balaban J connectivity index is 2.24. The Labute approximate surface area is 99.8 Å². The van der Waals surface area contributed by atoms with Gasteiger partial charge in [0.1, 0.15) is 5.75 Å². The van der Waals surface area contributed by atoms with Crippen molar-refractivity contribution in [2.75, 3.05) is 7.11 Å². The molecule has 0 aromatic heterocycles. The quantitative estimate of drug-likeness (QED) is 0.832. The summed E-state index contributed by atoms with van der Waals surface area (Å²) in [7, 11) is 1.59. The van der Waals surface area contributed by atoms with Gasteiger partial charge in [0.15, 0.2) is 0 Å². The van der Waals surface area contributed by atoms with Gasteiger partial charge in [-0.3, -0.25) is 4.79 Å². The van der Waals surface area contributed by atoms with Gasteiger partial charge in [-0.15, -0.1) is 0 Å². The van der Waals surface area contributed by atoms with Crippen LogP contribution in [0.4, 0.5) is 0 Å². The molecule has 0 aliphatic heterocycles. The number of methoxy groups -OCH3 is 1. The van der Waals surface area contributed by atoms with Crippen LogP contribution in [0.1, 0.15) is 24.0 Å². The number of aliphatic hydroxyl groups is 1. The molecule has 1 atom stereocenters. The zero-order valence-electron chi connectivity index (χ0n) is 9.77. The van der Waals surface area contributed by atoms with Gasteiger partial charge in [0, 0.05) is 6.42 Å². The number of hydrogen-bond acceptors (Lipinski definition) is 3. The third-order valence-electron chi connectivity index (χ3n) is 3.27. The third kappa shape index (κ3) is 2.58. The van der Waals surface area contributed by atoms with Crippen molar-refractivity contribution in [1.82, 2.24) is 0 Å². The smallest absolute Gasteiger partial charge is 0.306 e. The summed E-state index contributed by atoms with van der Waals surface area (Å²) in [4.78, 5) is 10.7. The normalized spacial score (nSPS) is 22.9. The lowest BCUT2D eigenvalue weighted by atomic mass is 9.78. The summed E-state index contributed by atoms with van der Waals surface area (Å²) in [5.41, 5.74) is 1.03. The predicted octanol–water partition coefficient (Wildman–Crippen LogP) is 1.39. The van der Waals surface area contributed by atoms with Crippen molar-refractivity contribution in [3.63, 3.8) is 0 Å². The van der Waals surface area contributed by atoms with Crippen molar-refractivity contribution >= 4 is 5.97 Å². The molecule has 0 saturated carbocycles. The molecule has 2 rings (SSSR count). The number of carbonyl (C=O) groups is 1. The number of ether oxygens (including phenoxy) is 1. The van der Waals surface area contributed by atoms with E-state index >= 15 is 0 Å². The highest BCUT2D eigenvalue weighted by Gasteiger charge is 2.34. The lowest BCUT2D eigenvalue weighted by Gasteiger charge is -2.32. The molecule has 1 aromatic rings. The highest BCUT2D eigenvalue weighted by Crippen LogP contribution is 2.33. The summed E-state index contributed by atoms with van der Waals surface area (Å²) in [5.74, 6) is -0.220. The molecule has 0 bridgehead atoms. The van der Waals surface area contributed by atoms with E-state index in [1.165, 1.54) is 5.56 Å². The maximum absolute atomic E-state index is 10.7. The summed E-state index contributed by atoms with van der Waals surface area (Å²) in [6.07, 6.45) is 1.39. The van der Waals surface area contributed by atoms with Crippen molar-refractivity contribution in [2.45, 2.75) is 31.3 Å². The summed E-state index contributed by atoms with van der Waals surface area (Å²) < 4.78 is 5.13. The van der Waals surface area contributed by atoms with Gasteiger partial charge in [0.05, 0.1) is 19.1 Å². The van der Waals surface area contributed by atoms with Gasteiger partial charge in [-0.1, -0.05) is 6.07 Å². The molecule has 92 valence electrons. The van der Waals surface area contributed by atoms with E-state index in [9.17, 15) is 9.90 Å². The number of hydrogen-bond donors (Lipinski definition) is 2. The van der Waals surface area contributed by atoms with Crippen molar-refractivity contribution in [3.8, 4) is 5.75 Å². The lowest BCUT2D eigenvalue weighted by Crippen LogP contribution is -2.38. The van der Waals surface area contributed by atoms with Gasteiger partial charge >= 0.3 is 5.97 Å². The molecule has 1 aliphatic carbocycles. The molecular weight excluding hydrogens is 220 g/mol. The average Bonchev–Trinajstić information content (AvgIpc) is 2.26. The largest absolute Gasteiger partial charge is 0.497 e. The lowest BCUT2D eigenvalue weighted by molar-refractivity contribution is -0.143. The maximum atomic E-state index is 10.7. The van der Waals surface area contributed by atoms with Gasteiger partial charge < -0.3 is 14.9 Å². The van der Waals surface area contributed by atoms with Crippen LogP contribution in [0, 0.1) is 0 Å². The SMILES string of the molecule is COc1ccc2c(c1)CC(O)(CC(=O)O)CC2. The molecular formula is C13H16O4. The van der Waals surface area contributed by atoms with Crippen LogP contribution in [-0.2, 0) is 17.6 Å². The molecule has 1 aliphatic rings. The zero-order valence-corrected chi connectivity index (χ0v) is 9.77.